The number of carboxylic acids is 1. The van der Waals surface area contributed by atoms with Crippen molar-refractivity contribution >= 4 is 11.9 Å². The highest BCUT2D eigenvalue weighted by atomic mass is 16.4. The van der Waals surface area contributed by atoms with Crippen LogP contribution in [0.1, 0.15) is 48.6 Å². The summed E-state index contributed by atoms with van der Waals surface area (Å²) in [6.45, 7) is 7.90. The molecule has 17 heavy (non-hydrogen) atoms. The van der Waals surface area contributed by atoms with Gasteiger partial charge in [0.15, 0.2) is 5.76 Å². The second-order valence-corrected chi connectivity index (χ2v) is 5.07. The maximum absolute atomic E-state index is 11.7. The van der Waals surface area contributed by atoms with Gasteiger partial charge in [-0.25, -0.2) is 4.79 Å². The number of amides is 1. The van der Waals surface area contributed by atoms with Gasteiger partial charge in [-0.05, 0) is 12.3 Å². The molecule has 0 saturated heterocycles. The lowest BCUT2D eigenvalue weighted by Gasteiger charge is -2.27. The highest BCUT2D eigenvalue weighted by Crippen LogP contribution is 2.19. The van der Waals surface area contributed by atoms with Crippen molar-refractivity contribution in [2.24, 2.45) is 5.41 Å². The topological polar surface area (TPSA) is 79.5 Å². The summed E-state index contributed by atoms with van der Waals surface area (Å²) in [4.78, 5) is 22.4. The van der Waals surface area contributed by atoms with Crippen molar-refractivity contribution < 1.29 is 19.1 Å². The molecule has 0 bridgehead atoms. The number of furan rings is 1. The van der Waals surface area contributed by atoms with Gasteiger partial charge in [-0.1, -0.05) is 20.8 Å². The summed E-state index contributed by atoms with van der Waals surface area (Å²) < 4.78 is 4.91. The molecule has 1 amide bonds. The number of nitrogens with one attached hydrogen (secondary N) is 1. The molecule has 0 aliphatic carbocycles. The summed E-state index contributed by atoms with van der Waals surface area (Å²) in [5, 5.41) is 11.5. The molecule has 5 nitrogen and oxygen atoms in total. The van der Waals surface area contributed by atoms with Crippen LogP contribution in [0.15, 0.2) is 16.7 Å². The van der Waals surface area contributed by atoms with Crippen molar-refractivity contribution in [1.82, 2.24) is 5.32 Å². The molecule has 2 N–H and O–H groups in total. The maximum Gasteiger partial charge on any atom is 0.338 e. The Balaban J connectivity index is 2.73. The van der Waals surface area contributed by atoms with E-state index < -0.39 is 11.9 Å². The van der Waals surface area contributed by atoms with E-state index in [2.05, 4.69) is 5.32 Å². The second-order valence-electron chi connectivity index (χ2n) is 5.07. The zero-order chi connectivity index (χ0) is 13.2. The van der Waals surface area contributed by atoms with Crippen LogP contribution in [0.3, 0.4) is 0 Å². The first-order valence-electron chi connectivity index (χ1n) is 5.34. The smallest absolute Gasteiger partial charge is 0.338 e. The third-order valence-corrected chi connectivity index (χ3v) is 2.72. The molecular formula is C12H17NO4. The molecule has 0 aliphatic heterocycles. The molecule has 0 aromatic carbocycles. The molecule has 1 aromatic heterocycles. The first kappa shape index (κ1) is 13.3. The van der Waals surface area contributed by atoms with Gasteiger partial charge >= 0.3 is 5.97 Å². The minimum atomic E-state index is -1.11. The van der Waals surface area contributed by atoms with Gasteiger partial charge in [0.05, 0.1) is 5.56 Å². The summed E-state index contributed by atoms with van der Waals surface area (Å²) in [5.41, 5.74) is -0.101. The van der Waals surface area contributed by atoms with Crippen molar-refractivity contribution in [2.45, 2.75) is 33.7 Å². The first-order chi connectivity index (χ1) is 7.71. The fourth-order valence-electron chi connectivity index (χ4n) is 1.05. The minimum Gasteiger partial charge on any atom is -0.478 e. The Morgan fingerprint density at radius 1 is 1.41 bits per heavy atom. The van der Waals surface area contributed by atoms with Crippen LogP contribution in [-0.4, -0.2) is 23.0 Å². The van der Waals surface area contributed by atoms with Crippen molar-refractivity contribution in [2.75, 3.05) is 0 Å². The van der Waals surface area contributed by atoms with E-state index in [0.717, 1.165) is 6.26 Å². The quantitative estimate of drug-likeness (QED) is 0.846. The largest absolute Gasteiger partial charge is 0.478 e. The zero-order valence-electron chi connectivity index (χ0n) is 10.4. The lowest BCUT2D eigenvalue weighted by atomic mass is 9.88. The van der Waals surface area contributed by atoms with Crippen LogP contribution in [-0.2, 0) is 0 Å². The van der Waals surface area contributed by atoms with Gasteiger partial charge in [0, 0.05) is 12.1 Å². The third kappa shape index (κ3) is 3.34. The molecule has 1 aromatic rings. The second kappa shape index (κ2) is 4.61. The Bertz CT molecular complexity index is 428. The molecular weight excluding hydrogens is 222 g/mol. The standard InChI is InChI=1S/C12H17NO4/c1-7(12(2,3)4)13-10(14)9-5-8(6-17-9)11(15)16/h5-7H,1-4H3,(H,13,14)(H,15,16). The van der Waals surface area contributed by atoms with Gasteiger partial charge in [-0.15, -0.1) is 0 Å². The van der Waals surface area contributed by atoms with E-state index in [4.69, 9.17) is 9.52 Å². The highest BCUT2D eigenvalue weighted by Gasteiger charge is 2.23. The molecule has 1 rings (SSSR count). The van der Waals surface area contributed by atoms with Gasteiger partial charge in [-0.2, -0.15) is 0 Å². The van der Waals surface area contributed by atoms with Crippen LogP contribution in [0, 0.1) is 5.41 Å². The molecule has 0 aliphatic rings. The first-order valence-corrected chi connectivity index (χ1v) is 5.34. The predicted molar refractivity (Wildman–Crippen MR) is 62.1 cm³/mol. The van der Waals surface area contributed by atoms with Crippen molar-refractivity contribution in [1.29, 1.82) is 0 Å². The molecule has 1 unspecified atom stereocenters. The average Bonchev–Trinajstić information content (AvgIpc) is 2.64. The van der Waals surface area contributed by atoms with Crippen molar-refractivity contribution in [3.63, 3.8) is 0 Å². The summed E-state index contributed by atoms with van der Waals surface area (Å²) in [6.07, 6.45) is 1.05. The van der Waals surface area contributed by atoms with Crippen molar-refractivity contribution in [3.8, 4) is 0 Å². The highest BCUT2D eigenvalue weighted by molar-refractivity contribution is 5.95. The summed E-state index contributed by atoms with van der Waals surface area (Å²) in [5.74, 6) is -1.50. The molecule has 1 heterocycles. The molecule has 0 spiro atoms. The third-order valence-electron chi connectivity index (χ3n) is 2.72. The number of hydrogen-bond acceptors (Lipinski definition) is 3. The molecule has 0 radical (unpaired) electrons. The van der Waals surface area contributed by atoms with E-state index in [1.807, 2.05) is 27.7 Å². The summed E-state index contributed by atoms with van der Waals surface area (Å²) in [6, 6.07) is 1.17. The van der Waals surface area contributed by atoms with Crippen LogP contribution in [0.5, 0.6) is 0 Å². The number of carbonyl (C=O) groups is 2. The molecule has 0 fully saturated rings. The van der Waals surface area contributed by atoms with Crippen LogP contribution in [0.2, 0.25) is 0 Å². The number of hydrogen-bond donors (Lipinski definition) is 2. The van der Waals surface area contributed by atoms with Gasteiger partial charge in [0.2, 0.25) is 0 Å². The fourth-order valence-corrected chi connectivity index (χ4v) is 1.05. The summed E-state index contributed by atoms with van der Waals surface area (Å²) in [7, 11) is 0. The summed E-state index contributed by atoms with van der Waals surface area (Å²) >= 11 is 0. The normalized spacial score (nSPS) is 13.2. The Hall–Kier alpha value is -1.78. The average molecular weight is 239 g/mol. The molecule has 1 atom stereocenters. The van der Waals surface area contributed by atoms with Gasteiger partial charge < -0.3 is 14.8 Å². The van der Waals surface area contributed by atoms with Gasteiger partial charge in [-0.3, -0.25) is 4.79 Å². The Labute approximate surface area is 99.8 Å². The monoisotopic (exact) mass is 239 g/mol. The molecule has 5 heteroatoms. The van der Waals surface area contributed by atoms with Crippen LogP contribution in [0.25, 0.3) is 0 Å². The van der Waals surface area contributed by atoms with E-state index in [0.29, 0.717) is 0 Å². The van der Waals surface area contributed by atoms with E-state index in [-0.39, 0.29) is 22.8 Å². The maximum atomic E-state index is 11.7. The van der Waals surface area contributed by atoms with E-state index in [1.165, 1.54) is 6.07 Å². The lowest BCUT2D eigenvalue weighted by molar-refractivity contribution is 0.0695. The number of carbonyl (C=O) groups excluding carboxylic acids is 1. The van der Waals surface area contributed by atoms with Crippen LogP contribution >= 0.6 is 0 Å². The Morgan fingerprint density at radius 2 is 2.00 bits per heavy atom. The van der Waals surface area contributed by atoms with E-state index in [9.17, 15) is 9.59 Å². The van der Waals surface area contributed by atoms with Crippen LogP contribution in [0.4, 0.5) is 0 Å². The molecule has 94 valence electrons. The Kier molecular flexibility index (Phi) is 3.60. The fraction of sp³-hybridized carbons (Fsp3) is 0.500. The minimum absolute atomic E-state index is 0.0125. The Morgan fingerprint density at radius 3 is 2.41 bits per heavy atom. The van der Waals surface area contributed by atoms with E-state index >= 15 is 0 Å². The van der Waals surface area contributed by atoms with E-state index in [1.54, 1.807) is 0 Å². The zero-order valence-corrected chi connectivity index (χ0v) is 10.4. The van der Waals surface area contributed by atoms with Gasteiger partial charge in [0.25, 0.3) is 5.91 Å². The predicted octanol–water partition coefficient (Wildman–Crippen LogP) is 2.14. The molecule has 0 saturated carbocycles. The van der Waals surface area contributed by atoms with Gasteiger partial charge in [0.1, 0.15) is 6.26 Å². The SMILES string of the molecule is CC(NC(=O)c1cc(C(=O)O)co1)C(C)(C)C. The van der Waals surface area contributed by atoms with Crippen molar-refractivity contribution in [3.05, 3.63) is 23.7 Å². The number of carboxylic acid groups (broad SMARTS) is 1. The number of rotatable bonds is 3. The lowest BCUT2D eigenvalue weighted by Crippen LogP contribution is -2.41. The van der Waals surface area contributed by atoms with Crippen LogP contribution < -0.4 is 5.32 Å². The number of aromatic carboxylic acids is 1.